The van der Waals surface area contributed by atoms with Crippen molar-refractivity contribution in [3.05, 3.63) is 58.3 Å². The van der Waals surface area contributed by atoms with Gasteiger partial charge in [0.15, 0.2) is 0 Å². The van der Waals surface area contributed by atoms with Crippen LogP contribution in [-0.2, 0) is 11.3 Å². The molecule has 2 aliphatic rings. The maximum atomic E-state index is 14.7. The van der Waals surface area contributed by atoms with Crippen LogP contribution in [0.25, 0.3) is 11.1 Å². The molecule has 0 radical (unpaired) electrons. The minimum atomic E-state index is -1.29. The Hall–Kier alpha value is -3.00. The van der Waals surface area contributed by atoms with Crippen LogP contribution in [0.15, 0.2) is 41.3 Å². The minimum absolute atomic E-state index is 0.0379. The Morgan fingerprint density at radius 2 is 1.80 bits per heavy atom. The van der Waals surface area contributed by atoms with Crippen molar-refractivity contribution in [2.75, 3.05) is 27.2 Å². The molecule has 1 saturated carbocycles. The highest BCUT2D eigenvalue weighted by atomic mass is 19.1. The van der Waals surface area contributed by atoms with E-state index in [1.54, 1.807) is 32.3 Å². The Balaban J connectivity index is 1.57. The SMILES string of the molecule is CC(CC1CCCCC1)C(=O)N1CC[C@](O)(Cn2cc(C(=O)N(C)C)c(-c3ccccc3F)cc2=O)C(C)(C)C1. The number of carbonyl (C=O) groups is 2. The molecule has 1 unspecified atom stereocenters. The quantitative estimate of drug-likeness (QED) is 0.526. The molecule has 1 aliphatic carbocycles. The summed E-state index contributed by atoms with van der Waals surface area (Å²) in [5, 5.41) is 11.9. The summed E-state index contributed by atoms with van der Waals surface area (Å²) >= 11 is 0. The predicted octanol–water partition coefficient (Wildman–Crippen LogP) is 4.95. The number of amides is 2. The summed E-state index contributed by atoms with van der Waals surface area (Å²) in [4.78, 5) is 43.0. The molecule has 2 aromatic rings. The van der Waals surface area contributed by atoms with Crippen LogP contribution in [0.4, 0.5) is 4.39 Å². The highest BCUT2D eigenvalue weighted by molar-refractivity contribution is 6.00. The van der Waals surface area contributed by atoms with Crippen molar-refractivity contribution in [3.8, 4) is 11.1 Å². The van der Waals surface area contributed by atoms with Crippen LogP contribution in [0, 0.1) is 23.1 Å². The summed E-state index contributed by atoms with van der Waals surface area (Å²) in [6, 6.07) is 7.32. The molecular weight excluding hydrogens is 509 g/mol. The number of likely N-dealkylation sites (tertiary alicyclic amines) is 1. The Morgan fingerprint density at radius 1 is 1.12 bits per heavy atom. The highest BCUT2D eigenvalue weighted by Crippen LogP contribution is 2.41. The van der Waals surface area contributed by atoms with Gasteiger partial charge in [0.25, 0.3) is 11.5 Å². The van der Waals surface area contributed by atoms with Crippen LogP contribution in [0.5, 0.6) is 0 Å². The van der Waals surface area contributed by atoms with Gasteiger partial charge in [-0.2, -0.15) is 0 Å². The largest absolute Gasteiger partial charge is 0.387 e. The van der Waals surface area contributed by atoms with Crippen LogP contribution in [0.1, 0.15) is 76.1 Å². The van der Waals surface area contributed by atoms with Gasteiger partial charge in [-0.05, 0) is 24.8 Å². The first-order valence-electron chi connectivity index (χ1n) is 14.6. The zero-order chi connectivity index (χ0) is 29.2. The Bertz CT molecular complexity index is 1300. The number of halogens is 1. The Morgan fingerprint density at radius 3 is 2.42 bits per heavy atom. The lowest BCUT2D eigenvalue weighted by Crippen LogP contribution is -2.61. The van der Waals surface area contributed by atoms with E-state index in [-0.39, 0.29) is 41.0 Å². The number of piperidine rings is 1. The van der Waals surface area contributed by atoms with E-state index in [0.29, 0.717) is 25.4 Å². The second kappa shape index (κ2) is 11.9. The number of rotatable bonds is 7. The molecule has 1 aromatic carbocycles. The number of hydrogen-bond acceptors (Lipinski definition) is 4. The molecule has 2 heterocycles. The standard InChI is InChI=1S/C32H44FN3O4/c1-22(17-23-11-7-6-8-12-23)29(38)35-16-15-32(40,31(2,3)20-35)21-36-19-26(30(39)34(4)5)25(18-28(36)37)24-13-9-10-14-27(24)33/h9-10,13-14,18-19,22-23,40H,6-8,11-12,15-17,20-21H2,1-5H3/t22?,32-/m0/s1. The number of aromatic nitrogens is 1. The molecule has 2 atom stereocenters. The van der Waals surface area contributed by atoms with Crippen LogP contribution in [-0.4, -0.2) is 64.1 Å². The smallest absolute Gasteiger partial charge is 0.255 e. The number of hydrogen-bond donors (Lipinski definition) is 1. The number of pyridine rings is 1. The lowest BCUT2D eigenvalue weighted by molar-refractivity contribution is -0.157. The number of benzene rings is 1. The zero-order valence-electron chi connectivity index (χ0n) is 24.6. The zero-order valence-corrected chi connectivity index (χ0v) is 24.6. The first kappa shape index (κ1) is 30.0. The number of carbonyl (C=O) groups excluding carboxylic acids is 2. The summed E-state index contributed by atoms with van der Waals surface area (Å²) < 4.78 is 16.0. The van der Waals surface area contributed by atoms with Crippen molar-refractivity contribution in [1.82, 2.24) is 14.4 Å². The molecule has 40 heavy (non-hydrogen) atoms. The monoisotopic (exact) mass is 553 g/mol. The average Bonchev–Trinajstić information content (AvgIpc) is 2.91. The lowest BCUT2D eigenvalue weighted by atomic mass is 9.69. The molecule has 2 fully saturated rings. The maximum Gasteiger partial charge on any atom is 0.255 e. The first-order chi connectivity index (χ1) is 18.8. The minimum Gasteiger partial charge on any atom is -0.387 e. The third kappa shape index (κ3) is 6.17. The average molecular weight is 554 g/mol. The summed E-state index contributed by atoms with van der Waals surface area (Å²) in [6.07, 6.45) is 8.83. The molecule has 1 aliphatic heterocycles. The summed E-state index contributed by atoms with van der Waals surface area (Å²) in [7, 11) is 3.20. The maximum absolute atomic E-state index is 14.7. The van der Waals surface area contributed by atoms with Gasteiger partial charge >= 0.3 is 0 Å². The molecule has 0 bridgehead atoms. The second-order valence-corrected chi connectivity index (χ2v) is 12.8. The van der Waals surface area contributed by atoms with Crippen molar-refractivity contribution < 1.29 is 19.1 Å². The highest BCUT2D eigenvalue weighted by Gasteiger charge is 2.49. The molecule has 2 amide bonds. The molecule has 1 N–H and O–H groups in total. The van der Waals surface area contributed by atoms with E-state index in [1.807, 2.05) is 25.7 Å². The van der Waals surface area contributed by atoms with Crippen molar-refractivity contribution >= 4 is 11.8 Å². The summed E-state index contributed by atoms with van der Waals surface area (Å²) in [6.45, 7) is 6.60. The van der Waals surface area contributed by atoms with Crippen molar-refractivity contribution in [2.24, 2.45) is 17.3 Å². The predicted molar refractivity (Wildman–Crippen MR) is 154 cm³/mol. The van der Waals surface area contributed by atoms with Crippen LogP contribution < -0.4 is 5.56 Å². The van der Waals surface area contributed by atoms with E-state index in [9.17, 15) is 23.9 Å². The van der Waals surface area contributed by atoms with Gasteiger partial charge in [-0.1, -0.05) is 71.1 Å². The van der Waals surface area contributed by atoms with E-state index < -0.39 is 22.4 Å². The number of nitrogens with zero attached hydrogens (tertiary/aromatic N) is 3. The Kier molecular flexibility index (Phi) is 8.88. The molecule has 7 nitrogen and oxygen atoms in total. The van der Waals surface area contributed by atoms with Crippen molar-refractivity contribution in [1.29, 1.82) is 0 Å². The second-order valence-electron chi connectivity index (χ2n) is 12.8. The van der Waals surface area contributed by atoms with Gasteiger partial charge in [0.2, 0.25) is 5.91 Å². The van der Waals surface area contributed by atoms with E-state index in [4.69, 9.17) is 0 Å². The van der Waals surface area contributed by atoms with Crippen LogP contribution in [0.3, 0.4) is 0 Å². The van der Waals surface area contributed by atoms with Gasteiger partial charge in [0.05, 0.1) is 17.7 Å². The van der Waals surface area contributed by atoms with E-state index in [0.717, 1.165) is 6.42 Å². The van der Waals surface area contributed by atoms with Gasteiger partial charge < -0.3 is 19.5 Å². The fourth-order valence-electron chi connectivity index (χ4n) is 6.47. The van der Waals surface area contributed by atoms with Gasteiger partial charge in [-0.25, -0.2) is 4.39 Å². The van der Waals surface area contributed by atoms with E-state index in [2.05, 4.69) is 0 Å². The van der Waals surface area contributed by atoms with Crippen molar-refractivity contribution in [3.63, 3.8) is 0 Å². The number of aliphatic hydroxyl groups is 1. The molecule has 218 valence electrons. The third-order valence-corrected chi connectivity index (χ3v) is 9.14. The van der Waals surface area contributed by atoms with Crippen LogP contribution in [0.2, 0.25) is 0 Å². The molecule has 0 spiro atoms. The molecule has 1 aromatic heterocycles. The lowest BCUT2D eigenvalue weighted by Gasteiger charge is -2.51. The fraction of sp³-hybridized carbons (Fsp3) is 0.594. The summed E-state index contributed by atoms with van der Waals surface area (Å²) in [5.41, 5.74) is -1.86. The molecular formula is C32H44FN3O4. The van der Waals surface area contributed by atoms with Gasteiger partial charge in [-0.3, -0.25) is 14.4 Å². The van der Waals surface area contributed by atoms with Crippen molar-refractivity contribution in [2.45, 2.75) is 77.9 Å². The Labute approximate surface area is 237 Å². The fourth-order valence-corrected chi connectivity index (χ4v) is 6.47. The molecule has 1 saturated heterocycles. The molecule has 8 heteroatoms. The van der Waals surface area contributed by atoms with E-state index >= 15 is 0 Å². The molecule has 4 rings (SSSR count). The van der Waals surface area contributed by atoms with Gasteiger partial charge in [0, 0.05) is 61.9 Å². The topological polar surface area (TPSA) is 82.8 Å². The summed E-state index contributed by atoms with van der Waals surface area (Å²) in [5.74, 6) is -0.211. The van der Waals surface area contributed by atoms with Gasteiger partial charge in [-0.15, -0.1) is 0 Å². The van der Waals surface area contributed by atoms with E-state index in [1.165, 1.54) is 59.9 Å². The normalized spacial score (nSPS) is 22.1. The van der Waals surface area contributed by atoms with Crippen LogP contribution >= 0.6 is 0 Å². The van der Waals surface area contributed by atoms with Gasteiger partial charge in [0.1, 0.15) is 5.82 Å². The first-order valence-corrected chi connectivity index (χ1v) is 14.6. The third-order valence-electron chi connectivity index (χ3n) is 9.14.